The Morgan fingerprint density at radius 2 is 2.37 bits per heavy atom. The first-order chi connectivity index (χ1) is 9.19. The van der Waals surface area contributed by atoms with Crippen molar-refractivity contribution in [3.8, 4) is 0 Å². The molecule has 2 heterocycles. The second-order valence-electron chi connectivity index (χ2n) is 5.02. The van der Waals surface area contributed by atoms with E-state index >= 15 is 0 Å². The van der Waals surface area contributed by atoms with Crippen molar-refractivity contribution in [2.24, 2.45) is 5.92 Å². The van der Waals surface area contributed by atoms with Gasteiger partial charge in [-0.05, 0) is 30.7 Å². The van der Waals surface area contributed by atoms with E-state index in [1.807, 2.05) is 6.08 Å². The van der Waals surface area contributed by atoms with Gasteiger partial charge in [-0.1, -0.05) is 24.8 Å². The number of anilines is 1. The van der Waals surface area contributed by atoms with Crippen LogP contribution in [-0.2, 0) is 12.8 Å². The molecule has 0 aliphatic heterocycles. The number of hydrogen-bond acceptors (Lipinski definition) is 5. The molecule has 1 aliphatic rings. The molecule has 19 heavy (non-hydrogen) atoms. The molecule has 0 saturated heterocycles. The molecule has 3 rings (SSSR count). The Bertz CT molecular complexity index is 633. The number of fused-ring (bicyclic) bond motifs is 3. The third-order valence-electron chi connectivity index (χ3n) is 3.49. The predicted molar refractivity (Wildman–Crippen MR) is 83.9 cm³/mol. The van der Waals surface area contributed by atoms with Gasteiger partial charge in [0.05, 0.1) is 5.39 Å². The third-order valence-corrected chi connectivity index (χ3v) is 5.52. The first-order valence-electron chi connectivity index (χ1n) is 6.50. The number of hydrogen-bond donors (Lipinski definition) is 1. The van der Waals surface area contributed by atoms with E-state index in [1.165, 1.54) is 16.9 Å². The molecular weight excluding hydrogens is 274 g/mol. The van der Waals surface area contributed by atoms with Gasteiger partial charge in [-0.25, -0.2) is 9.97 Å². The number of aryl methyl sites for hydroxylation is 1. The Kier molecular flexibility index (Phi) is 3.50. The minimum absolute atomic E-state index is 0.642. The highest BCUT2D eigenvalue weighted by Crippen LogP contribution is 2.39. The van der Waals surface area contributed by atoms with Crippen molar-refractivity contribution >= 4 is 39.1 Å². The van der Waals surface area contributed by atoms with Crippen LogP contribution in [0.25, 0.3) is 10.2 Å². The SMILES string of the molecule is C=CCSc1nc(N)c2c3c(sc2n1)CC[C@@H](C)C3. The summed E-state index contributed by atoms with van der Waals surface area (Å²) in [5, 5.41) is 1.87. The molecule has 0 fully saturated rings. The molecule has 0 radical (unpaired) electrons. The van der Waals surface area contributed by atoms with Gasteiger partial charge < -0.3 is 5.73 Å². The summed E-state index contributed by atoms with van der Waals surface area (Å²) in [6.45, 7) is 6.02. The molecule has 3 nitrogen and oxygen atoms in total. The molecule has 2 aromatic rings. The molecule has 0 saturated carbocycles. The largest absolute Gasteiger partial charge is 0.383 e. The molecule has 2 aromatic heterocycles. The summed E-state index contributed by atoms with van der Waals surface area (Å²) < 4.78 is 0. The summed E-state index contributed by atoms with van der Waals surface area (Å²) in [6.07, 6.45) is 5.40. The van der Waals surface area contributed by atoms with Gasteiger partial charge in [-0.15, -0.1) is 17.9 Å². The van der Waals surface area contributed by atoms with Crippen LogP contribution >= 0.6 is 23.1 Å². The lowest BCUT2D eigenvalue weighted by Gasteiger charge is -2.18. The van der Waals surface area contributed by atoms with Crippen LogP contribution in [0.1, 0.15) is 23.8 Å². The van der Waals surface area contributed by atoms with Crippen molar-refractivity contribution in [2.75, 3.05) is 11.5 Å². The second-order valence-corrected chi connectivity index (χ2v) is 7.09. The molecule has 1 atom stereocenters. The number of rotatable bonds is 3. The molecular formula is C14H17N3S2. The molecule has 0 bridgehead atoms. The molecule has 0 unspecified atom stereocenters. The third kappa shape index (κ3) is 2.37. The predicted octanol–water partition coefficient (Wildman–Crippen LogP) is 3.68. The average molecular weight is 291 g/mol. The molecule has 0 spiro atoms. The van der Waals surface area contributed by atoms with Crippen molar-refractivity contribution in [2.45, 2.75) is 31.3 Å². The fraction of sp³-hybridized carbons (Fsp3) is 0.429. The van der Waals surface area contributed by atoms with Crippen molar-refractivity contribution in [3.05, 3.63) is 23.1 Å². The van der Waals surface area contributed by atoms with Crippen LogP contribution in [-0.4, -0.2) is 15.7 Å². The highest BCUT2D eigenvalue weighted by Gasteiger charge is 2.23. The topological polar surface area (TPSA) is 51.8 Å². The maximum absolute atomic E-state index is 6.16. The van der Waals surface area contributed by atoms with Crippen LogP contribution in [0.2, 0.25) is 0 Å². The summed E-state index contributed by atoms with van der Waals surface area (Å²) >= 11 is 3.38. The van der Waals surface area contributed by atoms with Crippen LogP contribution in [0.5, 0.6) is 0 Å². The highest BCUT2D eigenvalue weighted by atomic mass is 32.2. The summed E-state index contributed by atoms with van der Waals surface area (Å²) in [6, 6.07) is 0. The van der Waals surface area contributed by atoms with Crippen molar-refractivity contribution in [3.63, 3.8) is 0 Å². The van der Waals surface area contributed by atoms with E-state index in [0.29, 0.717) is 5.82 Å². The lowest BCUT2D eigenvalue weighted by Crippen LogP contribution is -2.09. The minimum Gasteiger partial charge on any atom is -0.383 e. The van der Waals surface area contributed by atoms with E-state index in [4.69, 9.17) is 5.73 Å². The monoisotopic (exact) mass is 291 g/mol. The van der Waals surface area contributed by atoms with Gasteiger partial charge in [0.25, 0.3) is 0 Å². The Morgan fingerprint density at radius 1 is 1.53 bits per heavy atom. The van der Waals surface area contributed by atoms with Gasteiger partial charge in [0.1, 0.15) is 10.6 Å². The number of thioether (sulfide) groups is 1. The smallest absolute Gasteiger partial charge is 0.191 e. The van der Waals surface area contributed by atoms with Crippen LogP contribution in [0.3, 0.4) is 0 Å². The van der Waals surface area contributed by atoms with Gasteiger partial charge in [-0.2, -0.15) is 0 Å². The van der Waals surface area contributed by atoms with E-state index in [1.54, 1.807) is 23.1 Å². The lowest BCUT2D eigenvalue weighted by atomic mass is 9.89. The molecule has 100 valence electrons. The van der Waals surface area contributed by atoms with Crippen LogP contribution < -0.4 is 5.73 Å². The van der Waals surface area contributed by atoms with E-state index in [-0.39, 0.29) is 0 Å². The zero-order valence-electron chi connectivity index (χ0n) is 11.0. The van der Waals surface area contributed by atoms with Gasteiger partial charge >= 0.3 is 0 Å². The number of thiophene rings is 1. The van der Waals surface area contributed by atoms with Gasteiger partial charge in [0, 0.05) is 10.6 Å². The minimum atomic E-state index is 0.642. The summed E-state index contributed by atoms with van der Waals surface area (Å²) in [7, 11) is 0. The Hall–Kier alpha value is -1.07. The summed E-state index contributed by atoms with van der Waals surface area (Å²) in [5.41, 5.74) is 7.56. The number of nitrogen functional groups attached to an aromatic ring is 1. The molecule has 0 amide bonds. The zero-order valence-corrected chi connectivity index (χ0v) is 12.6. The number of nitrogens with zero attached hydrogens (tertiary/aromatic N) is 2. The van der Waals surface area contributed by atoms with Crippen molar-refractivity contribution in [1.82, 2.24) is 9.97 Å². The number of aromatic nitrogens is 2. The summed E-state index contributed by atoms with van der Waals surface area (Å²) in [4.78, 5) is 11.6. The molecule has 5 heteroatoms. The van der Waals surface area contributed by atoms with E-state index in [0.717, 1.165) is 39.9 Å². The first kappa shape index (κ1) is 12.9. The van der Waals surface area contributed by atoms with E-state index in [9.17, 15) is 0 Å². The van der Waals surface area contributed by atoms with E-state index < -0.39 is 0 Å². The van der Waals surface area contributed by atoms with Gasteiger partial charge in [-0.3, -0.25) is 0 Å². The zero-order chi connectivity index (χ0) is 13.4. The Balaban J connectivity index is 2.09. The summed E-state index contributed by atoms with van der Waals surface area (Å²) in [5.74, 6) is 2.19. The lowest BCUT2D eigenvalue weighted by molar-refractivity contribution is 0.508. The standard InChI is InChI=1S/C14H17N3S2/c1-3-6-18-14-16-12(15)11-9-7-8(2)4-5-10(9)19-13(11)17-14/h3,8H,1,4-7H2,2H3,(H2,15,16,17)/t8-/m1/s1. The van der Waals surface area contributed by atoms with Crippen molar-refractivity contribution in [1.29, 1.82) is 0 Å². The van der Waals surface area contributed by atoms with E-state index in [2.05, 4.69) is 23.5 Å². The maximum atomic E-state index is 6.16. The molecule has 2 N–H and O–H groups in total. The van der Waals surface area contributed by atoms with Gasteiger partial charge in [0.2, 0.25) is 0 Å². The normalized spacial score (nSPS) is 18.5. The maximum Gasteiger partial charge on any atom is 0.191 e. The average Bonchev–Trinajstić information content (AvgIpc) is 2.74. The van der Waals surface area contributed by atoms with Crippen LogP contribution in [0.4, 0.5) is 5.82 Å². The molecule has 0 aromatic carbocycles. The first-order valence-corrected chi connectivity index (χ1v) is 8.30. The fourth-order valence-electron chi connectivity index (χ4n) is 2.56. The molecule has 1 aliphatic carbocycles. The van der Waals surface area contributed by atoms with Crippen LogP contribution in [0.15, 0.2) is 17.8 Å². The quantitative estimate of drug-likeness (QED) is 0.532. The van der Waals surface area contributed by atoms with Crippen LogP contribution in [0, 0.1) is 5.92 Å². The Labute approximate surface area is 121 Å². The highest BCUT2D eigenvalue weighted by molar-refractivity contribution is 7.99. The van der Waals surface area contributed by atoms with Crippen molar-refractivity contribution < 1.29 is 0 Å². The Morgan fingerprint density at radius 3 is 3.16 bits per heavy atom. The van der Waals surface area contributed by atoms with Gasteiger partial charge in [0.15, 0.2) is 5.16 Å². The fourth-order valence-corrected chi connectivity index (χ4v) is 4.42. The second kappa shape index (κ2) is 5.13. The number of nitrogens with two attached hydrogens (primary N) is 1.